The molecule has 0 aliphatic carbocycles. The van der Waals surface area contributed by atoms with Gasteiger partial charge in [-0.25, -0.2) is 4.39 Å². The van der Waals surface area contributed by atoms with Crippen LogP contribution >= 0.6 is 15.9 Å². The molecule has 0 fully saturated rings. The SMILES string of the molecule is CC(C)N(Cc1ccc(C#N)cc1)C(=O)Cc1ccc(F)c(Br)c1. The molecule has 0 N–H and O–H groups in total. The lowest BCUT2D eigenvalue weighted by Gasteiger charge is -2.27. The van der Waals surface area contributed by atoms with Crippen LogP contribution in [0.25, 0.3) is 0 Å². The Labute approximate surface area is 149 Å². The molecule has 0 saturated carbocycles. The fourth-order valence-electron chi connectivity index (χ4n) is 2.37. The predicted molar refractivity (Wildman–Crippen MR) is 94.6 cm³/mol. The number of nitriles is 1. The molecule has 5 heteroatoms. The molecule has 0 heterocycles. The lowest BCUT2D eigenvalue weighted by atomic mass is 10.1. The summed E-state index contributed by atoms with van der Waals surface area (Å²) in [4.78, 5) is 14.4. The molecule has 3 nitrogen and oxygen atoms in total. The highest BCUT2D eigenvalue weighted by Gasteiger charge is 2.18. The number of halogens is 2. The summed E-state index contributed by atoms with van der Waals surface area (Å²) >= 11 is 3.14. The molecule has 0 atom stereocenters. The van der Waals surface area contributed by atoms with E-state index in [2.05, 4.69) is 22.0 Å². The van der Waals surface area contributed by atoms with E-state index in [4.69, 9.17) is 5.26 Å². The Morgan fingerprint density at radius 2 is 1.83 bits per heavy atom. The quantitative estimate of drug-likeness (QED) is 0.759. The number of hydrogen-bond donors (Lipinski definition) is 0. The van der Waals surface area contributed by atoms with Gasteiger partial charge in [-0.05, 0) is 65.2 Å². The number of hydrogen-bond acceptors (Lipinski definition) is 2. The second-order valence-electron chi connectivity index (χ2n) is 5.85. The monoisotopic (exact) mass is 388 g/mol. The van der Waals surface area contributed by atoms with Gasteiger partial charge in [-0.3, -0.25) is 4.79 Å². The van der Waals surface area contributed by atoms with Crippen LogP contribution in [0.15, 0.2) is 46.9 Å². The van der Waals surface area contributed by atoms with E-state index in [-0.39, 0.29) is 24.2 Å². The van der Waals surface area contributed by atoms with E-state index in [0.717, 1.165) is 11.1 Å². The van der Waals surface area contributed by atoms with E-state index in [1.165, 1.54) is 6.07 Å². The summed E-state index contributed by atoms with van der Waals surface area (Å²) in [5.41, 5.74) is 2.33. The first kappa shape index (κ1) is 18.2. The number of amides is 1. The second-order valence-corrected chi connectivity index (χ2v) is 6.70. The van der Waals surface area contributed by atoms with Gasteiger partial charge in [0.1, 0.15) is 5.82 Å². The van der Waals surface area contributed by atoms with E-state index in [1.54, 1.807) is 29.2 Å². The topological polar surface area (TPSA) is 44.1 Å². The van der Waals surface area contributed by atoms with Crippen molar-refractivity contribution in [1.82, 2.24) is 4.90 Å². The summed E-state index contributed by atoms with van der Waals surface area (Å²) in [6, 6.07) is 13.9. The summed E-state index contributed by atoms with van der Waals surface area (Å²) < 4.78 is 13.7. The van der Waals surface area contributed by atoms with Crippen molar-refractivity contribution < 1.29 is 9.18 Å². The van der Waals surface area contributed by atoms with Crippen LogP contribution in [0.2, 0.25) is 0 Å². The van der Waals surface area contributed by atoms with E-state index in [9.17, 15) is 9.18 Å². The van der Waals surface area contributed by atoms with Gasteiger partial charge < -0.3 is 4.90 Å². The predicted octanol–water partition coefficient (Wildman–Crippen LogP) is 4.44. The van der Waals surface area contributed by atoms with Crippen LogP contribution in [0.4, 0.5) is 4.39 Å². The van der Waals surface area contributed by atoms with Crippen molar-refractivity contribution in [3.05, 3.63) is 69.4 Å². The molecule has 0 saturated heterocycles. The molecular formula is C19H18BrFN2O. The smallest absolute Gasteiger partial charge is 0.227 e. The first-order valence-electron chi connectivity index (χ1n) is 7.63. The minimum atomic E-state index is -0.343. The first-order valence-corrected chi connectivity index (χ1v) is 8.42. The molecule has 2 aromatic carbocycles. The maximum atomic E-state index is 13.3. The molecule has 0 aromatic heterocycles. The summed E-state index contributed by atoms with van der Waals surface area (Å²) in [7, 11) is 0. The van der Waals surface area contributed by atoms with Gasteiger partial charge in [-0.2, -0.15) is 5.26 Å². The van der Waals surface area contributed by atoms with Crippen LogP contribution < -0.4 is 0 Å². The van der Waals surface area contributed by atoms with Crippen molar-refractivity contribution in [3.63, 3.8) is 0 Å². The molecular weight excluding hydrogens is 371 g/mol. The summed E-state index contributed by atoms with van der Waals surface area (Å²) in [5.74, 6) is -0.364. The zero-order chi connectivity index (χ0) is 17.7. The zero-order valence-electron chi connectivity index (χ0n) is 13.6. The van der Waals surface area contributed by atoms with E-state index < -0.39 is 0 Å². The van der Waals surface area contributed by atoms with Crippen LogP contribution in [0.3, 0.4) is 0 Å². The van der Waals surface area contributed by atoms with Gasteiger partial charge in [0.25, 0.3) is 0 Å². The summed E-state index contributed by atoms with van der Waals surface area (Å²) in [6.45, 7) is 4.40. The molecule has 0 radical (unpaired) electrons. The maximum absolute atomic E-state index is 13.3. The number of benzene rings is 2. The highest BCUT2D eigenvalue weighted by Crippen LogP contribution is 2.18. The highest BCUT2D eigenvalue weighted by molar-refractivity contribution is 9.10. The van der Waals surface area contributed by atoms with Crippen LogP contribution in [-0.4, -0.2) is 16.8 Å². The average Bonchev–Trinajstić information content (AvgIpc) is 2.56. The van der Waals surface area contributed by atoms with Crippen molar-refractivity contribution >= 4 is 21.8 Å². The van der Waals surface area contributed by atoms with E-state index in [1.807, 2.05) is 26.0 Å². The average molecular weight is 389 g/mol. The van der Waals surface area contributed by atoms with Gasteiger partial charge in [-0.15, -0.1) is 0 Å². The van der Waals surface area contributed by atoms with Gasteiger partial charge in [0.15, 0.2) is 0 Å². The van der Waals surface area contributed by atoms with Crippen LogP contribution in [0, 0.1) is 17.1 Å². The Kier molecular flexibility index (Phi) is 6.10. The number of nitrogens with zero attached hydrogens (tertiary/aromatic N) is 2. The number of rotatable bonds is 5. The van der Waals surface area contributed by atoms with Crippen LogP contribution in [-0.2, 0) is 17.8 Å². The van der Waals surface area contributed by atoms with Crippen molar-refractivity contribution in [3.8, 4) is 6.07 Å². The molecule has 24 heavy (non-hydrogen) atoms. The molecule has 0 aliphatic heterocycles. The van der Waals surface area contributed by atoms with Gasteiger partial charge in [0.2, 0.25) is 5.91 Å². The Balaban J connectivity index is 2.12. The van der Waals surface area contributed by atoms with Gasteiger partial charge >= 0.3 is 0 Å². The first-order chi connectivity index (χ1) is 11.4. The maximum Gasteiger partial charge on any atom is 0.227 e. The minimum Gasteiger partial charge on any atom is -0.336 e. The Bertz CT molecular complexity index is 766. The normalized spacial score (nSPS) is 10.5. The largest absolute Gasteiger partial charge is 0.336 e. The molecule has 0 unspecified atom stereocenters. The molecule has 2 rings (SSSR count). The van der Waals surface area contributed by atoms with Gasteiger partial charge in [0, 0.05) is 12.6 Å². The Morgan fingerprint density at radius 3 is 2.38 bits per heavy atom. The lowest BCUT2D eigenvalue weighted by molar-refractivity contribution is -0.132. The van der Waals surface area contributed by atoms with Crippen molar-refractivity contribution in [2.24, 2.45) is 0 Å². The molecule has 2 aromatic rings. The third-order valence-electron chi connectivity index (χ3n) is 3.72. The van der Waals surface area contributed by atoms with Crippen molar-refractivity contribution in [2.45, 2.75) is 32.9 Å². The fraction of sp³-hybridized carbons (Fsp3) is 0.263. The van der Waals surface area contributed by atoms with Crippen molar-refractivity contribution in [1.29, 1.82) is 5.26 Å². The standard InChI is InChI=1S/C19H18BrFN2O/c1-13(2)23(12-15-5-3-14(11-22)4-6-15)19(24)10-16-7-8-18(21)17(20)9-16/h3-9,13H,10,12H2,1-2H3. The summed E-state index contributed by atoms with van der Waals surface area (Å²) in [5, 5.41) is 8.85. The van der Waals surface area contributed by atoms with Crippen molar-refractivity contribution in [2.75, 3.05) is 0 Å². The lowest BCUT2D eigenvalue weighted by Crippen LogP contribution is -2.37. The molecule has 1 amide bonds. The van der Waals surface area contributed by atoms with E-state index in [0.29, 0.717) is 16.6 Å². The Hall–Kier alpha value is -2.19. The third kappa shape index (κ3) is 4.65. The summed E-state index contributed by atoms with van der Waals surface area (Å²) in [6.07, 6.45) is 0.216. The number of carbonyl (C=O) groups excluding carboxylic acids is 1. The molecule has 0 aliphatic rings. The minimum absolute atomic E-state index is 0.0205. The van der Waals surface area contributed by atoms with Gasteiger partial charge in [0.05, 0.1) is 22.5 Å². The third-order valence-corrected chi connectivity index (χ3v) is 4.33. The van der Waals surface area contributed by atoms with Crippen LogP contribution in [0.5, 0.6) is 0 Å². The highest BCUT2D eigenvalue weighted by atomic mass is 79.9. The van der Waals surface area contributed by atoms with E-state index >= 15 is 0 Å². The fourth-order valence-corrected chi connectivity index (χ4v) is 2.79. The Morgan fingerprint density at radius 1 is 1.21 bits per heavy atom. The molecule has 124 valence electrons. The van der Waals surface area contributed by atoms with Gasteiger partial charge in [-0.1, -0.05) is 18.2 Å². The molecule has 0 spiro atoms. The van der Waals surface area contributed by atoms with Crippen LogP contribution in [0.1, 0.15) is 30.5 Å². The zero-order valence-corrected chi connectivity index (χ0v) is 15.2. The second kappa shape index (κ2) is 8.07. The molecule has 0 bridgehead atoms. The number of carbonyl (C=O) groups is 1.